The van der Waals surface area contributed by atoms with Crippen LogP contribution in [0, 0.1) is 0 Å². The second-order valence-electron chi connectivity index (χ2n) is 4.41. The van der Waals surface area contributed by atoms with E-state index in [1.807, 2.05) is 0 Å². The summed E-state index contributed by atoms with van der Waals surface area (Å²) in [4.78, 5) is 42.8. The van der Waals surface area contributed by atoms with Gasteiger partial charge in [0.15, 0.2) is 6.61 Å². The summed E-state index contributed by atoms with van der Waals surface area (Å²) < 4.78 is 4.87. The third kappa shape index (κ3) is 3.66. The minimum absolute atomic E-state index is 0.00611. The quantitative estimate of drug-likeness (QED) is 0.501. The first-order valence-electron chi connectivity index (χ1n) is 6.16. The molecule has 112 valence electrons. The van der Waals surface area contributed by atoms with Crippen LogP contribution in [0.15, 0.2) is 12.4 Å². The lowest BCUT2D eigenvalue weighted by Gasteiger charge is -2.19. The molecule has 1 saturated heterocycles. The predicted molar refractivity (Wildman–Crippen MR) is 70.1 cm³/mol. The summed E-state index contributed by atoms with van der Waals surface area (Å²) in [5.41, 5.74) is 0.161. The Morgan fingerprint density at radius 3 is 2.67 bits per heavy atom. The number of rotatable bonds is 4. The van der Waals surface area contributed by atoms with Gasteiger partial charge in [0.05, 0.1) is 5.56 Å². The second-order valence-corrected chi connectivity index (χ2v) is 4.74. The normalized spacial score (nSPS) is 17.6. The summed E-state index contributed by atoms with van der Waals surface area (Å²) in [6.45, 7) is -0.206. The molecule has 0 aromatic carbocycles. The average Bonchev–Trinajstić information content (AvgIpc) is 2.95. The number of halogens is 1. The van der Waals surface area contributed by atoms with E-state index in [9.17, 15) is 14.4 Å². The van der Waals surface area contributed by atoms with Crippen LogP contribution in [0.25, 0.3) is 0 Å². The zero-order chi connectivity index (χ0) is 15.4. The smallest absolute Gasteiger partial charge is 0.408 e. The Morgan fingerprint density at radius 2 is 2.05 bits per heavy atom. The molecule has 8 nitrogen and oxygen atoms in total. The van der Waals surface area contributed by atoms with Crippen molar-refractivity contribution in [2.24, 2.45) is 0 Å². The van der Waals surface area contributed by atoms with Crippen LogP contribution in [-0.4, -0.2) is 57.0 Å². The van der Waals surface area contributed by atoms with E-state index in [1.54, 1.807) is 0 Å². The van der Waals surface area contributed by atoms with Crippen molar-refractivity contribution in [1.82, 2.24) is 14.9 Å². The number of Topliss-reactive ketones (excluding diaryl/α,β-unsaturated/α-hetero) is 1. The third-order valence-electron chi connectivity index (χ3n) is 3.06. The van der Waals surface area contributed by atoms with Crippen LogP contribution in [0.4, 0.5) is 4.79 Å². The number of ether oxygens (including phenoxy) is 1. The maximum atomic E-state index is 11.8. The number of ketones is 1. The van der Waals surface area contributed by atoms with Gasteiger partial charge < -0.3 is 9.84 Å². The van der Waals surface area contributed by atoms with Crippen molar-refractivity contribution in [3.8, 4) is 0 Å². The van der Waals surface area contributed by atoms with Gasteiger partial charge in [0.25, 0.3) is 0 Å². The lowest BCUT2D eigenvalue weighted by Crippen LogP contribution is -2.41. The first-order valence-corrected chi connectivity index (χ1v) is 6.54. The number of likely N-dealkylation sites (tertiary alicyclic amines) is 1. The second kappa shape index (κ2) is 6.49. The van der Waals surface area contributed by atoms with Gasteiger partial charge >= 0.3 is 12.1 Å². The number of aromatic nitrogens is 2. The standard InChI is InChI=1S/C12H12ClN3O5/c13-11-14-4-7(5-15-11)9(17)6-21-10(18)8-2-1-3-16(8)12(19)20/h4-5,8H,1-3,6H2,(H,19,20). The van der Waals surface area contributed by atoms with E-state index in [0.717, 1.165) is 4.90 Å². The van der Waals surface area contributed by atoms with Crippen molar-refractivity contribution in [2.75, 3.05) is 13.2 Å². The van der Waals surface area contributed by atoms with Crippen LogP contribution >= 0.6 is 11.6 Å². The van der Waals surface area contributed by atoms with Crippen molar-refractivity contribution >= 4 is 29.4 Å². The van der Waals surface area contributed by atoms with Gasteiger partial charge in [-0.05, 0) is 24.4 Å². The highest BCUT2D eigenvalue weighted by molar-refractivity contribution is 6.28. The van der Waals surface area contributed by atoms with E-state index < -0.39 is 30.5 Å². The Bertz CT molecular complexity index is 563. The molecule has 1 aromatic rings. The minimum atomic E-state index is -1.17. The highest BCUT2D eigenvalue weighted by Crippen LogP contribution is 2.18. The van der Waals surface area contributed by atoms with Crippen LogP contribution in [0.5, 0.6) is 0 Å². The molecule has 1 fully saturated rings. The highest BCUT2D eigenvalue weighted by atomic mass is 35.5. The molecular weight excluding hydrogens is 302 g/mol. The van der Waals surface area contributed by atoms with Crippen LogP contribution in [0.1, 0.15) is 23.2 Å². The zero-order valence-corrected chi connectivity index (χ0v) is 11.6. The monoisotopic (exact) mass is 313 g/mol. The average molecular weight is 314 g/mol. The maximum Gasteiger partial charge on any atom is 0.408 e. The third-order valence-corrected chi connectivity index (χ3v) is 3.25. The molecule has 1 amide bonds. The summed E-state index contributed by atoms with van der Waals surface area (Å²) in [7, 11) is 0. The van der Waals surface area contributed by atoms with Crippen LogP contribution < -0.4 is 0 Å². The molecule has 0 spiro atoms. The van der Waals surface area contributed by atoms with E-state index in [4.69, 9.17) is 21.4 Å². The number of carboxylic acid groups (broad SMARTS) is 1. The van der Waals surface area contributed by atoms with Gasteiger partial charge in [-0.25, -0.2) is 19.6 Å². The molecule has 0 radical (unpaired) electrons. The molecule has 9 heteroatoms. The van der Waals surface area contributed by atoms with E-state index in [-0.39, 0.29) is 17.4 Å². The molecule has 0 saturated carbocycles. The van der Waals surface area contributed by atoms with Crippen molar-refractivity contribution in [1.29, 1.82) is 0 Å². The largest absolute Gasteiger partial charge is 0.465 e. The fourth-order valence-electron chi connectivity index (χ4n) is 2.01. The van der Waals surface area contributed by atoms with Gasteiger partial charge in [-0.3, -0.25) is 9.69 Å². The molecule has 1 unspecified atom stereocenters. The summed E-state index contributed by atoms with van der Waals surface area (Å²) >= 11 is 5.50. The van der Waals surface area contributed by atoms with E-state index in [0.29, 0.717) is 12.8 Å². The Kier molecular flexibility index (Phi) is 4.69. The maximum absolute atomic E-state index is 11.8. The summed E-state index contributed by atoms with van der Waals surface area (Å²) in [6.07, 6.45) is 2.26. The molecule has 1 aliphatic rings. The molecule has 1 aliphatic heterocycles. The van der Waals surface area contributed by atoms with Crippen molar-refractivity contribution in [3.05, 3.63) is 23.2 Å². The molecule has 2 heterocycles. The fourth-order valence-corrected chi connectivity index (χ4v) is 2.11. The molecule has 0 aliphatic carbocycles. The number of carbonyl (C=O) groups excluding carboxylic acids is 2. The lowest BCUT2D eigenvalue weighted by molar-refractivity contribution is -0.147. The summed E-state index contributed by atoms with van der Waals surface area (Å²) in [6, 6.07) is -0.850. The Labute approximate surface area is 124 Å². The molecule has 1 N–H and O–H groups in total. The van der Waals surface area contributed by atoms with E-state index in [1.165, 1.54) is 12.4 Å². The molecule has 21 heavy (non-hydrogen) atoms. The SMILES string of the molecule is O=C(COC(=O)C1CCCN1C(=O)O)c1cnc(Cl)nc1. The lowest BCUT2D eigenvalue weighted by atomic mass is 10.2. The van der Waals surface area contributed by atoms with E-state index >= 15 is 0 Å². The minimum Gasteiger partial charge on any atom is -0.465 e. The van der Waals surface area contributed by atoms with Crippen molar-refractivity contribution in [3.63, 3.8) is 0 Å². The number of hydrogen-bond acceptors (Lipinski definition) is 6. The summed E-state index contributed by atoms with van der Waals surface area (Å²) in [5.74, 6) is -1.21. The highest BCUT2D eigenvalue weighted by Gasteiger charge is 2.35. The van der Waals surface area contributed by atoms with Crippen LogP contribution in [0.2, 0.25) is 5.28 Å². The topological polar surface area (TPSA) is 110 Å². The van der Waals surface area contributed by atoms with Crippen LogP contribution in [0.3, 0.4) is 0 Å². The molecule has 1 aromatic heterocycles. The first-order chi connectivity index (χ1) is 9.99. The van der Waals surface area contributed by atoms with Gasteiger partial charge in [0, 0.05) is 18.9 Å². The zero-order valence-electron chi connectivity index (χ0n) is 10.9. The van der Waals surface area contributed by atoms with Gasteiger partial charge in [-0.1, -0.05) is 0 Å². The van der Waals surface area contributed by atoms with Gasteiger partial charge in [0.2, 0.25) is 11.1 Å². The Balaban J connectivity index is 1.90. The van der Waals surface area contributed by atoms with Gasteiger partial charge in [-0.15, -0.1) is 0 Å². The fraction of sp³-hybridized carbons (Fsp3) is 0.417. The molecule has 0 bridgehead atoms. The number of nitrogens with zero attached hydrogens (tertiary/aromatic N) is 3. The van der Waals surface area contributed by atoms with Gasteiger partial charge in [0.1, 0.15) is 6.04 Å². The predicted octanol–water partition coefficient (Wildman–Crippen LogP) is 0.998. The first kappa shape index (κ1) is 15.2. The van der Waals surface area contributed by atoms with E-state index in [2.05, 4.69) is 9.97 Å². The molecular formula is C12H12ClN3O5. The van der Waals surface area contributed by atoms with Crippen LogP contribution in [-0.2, 0) is 9.53 Å². The Hall–Kier alpha value is -2.22. The van der Waals surface area contributed by atoms with Crippen molar-refractivity contribution < 1.29 is 24.2 Å². The number of amides is 1. The van der Waals surface area contributed by atoms with Crippen molar-refractivity contribution in [2.45, 2.75) is 18.9 Å². The number of esters is 1. The number of carbonyl (C=O) groups is 3. The summed E-state index contributed by atoms with van der Waals surface area (Å²) in [5, 5.41) is 8.94. The molecule has 2 rings (SSSR count). The number of hydrogen-bond donors (Lipinski definition) is 1. The molecule has 1 atom stereocenters. The van der Waals surface area contributed by atoms with Gasteiger partial charge in [-0.2, -0.15) is 0 Å². The Morgan fingerprint density at radius 1 is 1.38 bits per heavy atom.